The van der Waals surface area contributed by atoms with Crippen molar-refractivity contribution in [1.29, 1.82) is 0 Å². The smallest absolute Gasteiger partial charge is 0.254 e. The number of hydrogen-bond acceptors (Lipinski definition) is 4. The largest absolute Gasteiger partial charge is 0.392 e. The summed E-state index contributed by atoms with van der Waals surface area (Å²) < 4.78 is 24.7. The van der Waals surface area contributed by atoms with Crippen molar-refractivity contribution in [3.05, 3.63) is 35.1 Å². The van der Waals surface area contributed by atoms with E-state index >= 15 is 0 Å². The lowest BCUT2D eigenvalue weighted by Crippen LogP contribution is -2.55. The molecule has 22 heavy (non-hydrogen) atoms. The molecule has 6 heteroatoms. The monoisotopic (exact) mass is 311 g/mol. The van der Waals surface area contributed by atoms with Crippen molar-refractivity contribution in [2.24, 2.45) is 0 Å². The first-order valence-electron chi connectivity index (χ1n) is 7.21. The van der Waals surface area contributed by atoms with Crippen LogP contribution in [0.25, 0.3) is 0 Å². The highest BCUT2D eigenvalue weighted by molar-refractivity contribution is 5.94. The molecule has 1 aromatic rings. The van der Waals surface area contributed by atoms with Crippen LogP contribution in [0.4, 0.5) is 4.39 Å². The lowest BCUT2D eigenvalue weighted by Gasteiger charge is -2.42. The molecule has 0 aromatic heterocycles. The fourth-order valence-corrected chi connectivity index (χ4v) is 2.71. The van der Waals surface area contributed by atoms with Crippen LogP contribution in [0, 0.1) is 5.82 Å². The third kappa shape index (κ3) is 3.82. The molecule has 5 nitrogen and oxygen atoms in total. The number of aliphatic hydroxyl groups is 1. The van der Waals surface area contributed by atoms with E-state index in [9.17, 15) is 9.18 Å². The molecule has 1 saturated heterocycles. The Hall–Kier alpha value is -1.50. The number of benzene rings is 1. The minimum atomic E-state index is -0.575. The van der Waals surface area contributed by atoms with Crippen LogP contribution < -0.4 is 0 Å². The molecule has 0 aliphatic carbocycles. The fourth-order valence-electron chi connectivity index (χ4n) is 2.71. The van der Waals surface area contributed by atoms with Crippen molar-refractivity contribution < 1.29 is 23.8 Å². The molecule has 2 rings (SSSR count). The minimum Gasteiger partial charge on any atom is -0.392 e. The number of carbonyl (C=O) groups is 1. The summed E-state index contributed by atoms with van der Waals surface area (Å²) in [6, 6.07) is 4.13. The van der Waals surface area contributed by atoms with E-state index in [-0.39, 0.29) is 29.7 Å². The molecule has 1 aromatic carbocycles. The average molecular weight is 311 g/mol. The fraction of sp³-hybridized carbons (Fsp3) is 0.562. The van der Waals surface area contributed by atoms with Gasteiger partial charge in [-0.25, -0.2) is 4.39 Å². The van der Waals surface area contributed by atoms with Gasteiger partial charge >= 0.3 is 0 Å². The van der Waals surface area contributed by atoms with Crippen molar-refractivity contribution in [3.8, 4) is 0 Å². The van der Waals surface area contributed by atoms with Crippen LogP contribution in [0.3, 0.4) is 0 Å². The molecule has 0 radical (unpaired) electrons. The first-order chi connectivity index (χ1) is 10.4. The Kier molecular flexibility index (Phi) is 5.16. The molecule has 122 valence electrons. The van der Waals surface area contributed by atoms with E-state index in [1.807, 2.05) is 13.8 Å². The molecule has 1 amide bonds. The first kappa shape index (κ1) is 16.9. The molecule has 0 spiro atoms. The highest BCUT2D eigenvalue weighted by Crippen LogP contribution is 2.23. The van der Waals surface area contributed by atoms with Gasteiger partial charge in [-0.05, 0) is 26.0 Å². The van der Waals surface area contributed by atoms with E-state index in [4.69, 9.17) is 14.6 Å². The minimum absolute atomic E-state index is 0.177. The van der Waals surface area contributed by atoms with Crippen LogP contribution in [0.5, 0.6) is 0 Å². The first-order valence-corrected chi connectivity index (χ1v) is 7.21. The lowest BCUT2D eigenvalue weighted by atomic mass is 10.0. The zero-order valence-electron chi connectivity index (χ0n) is 13.1. The van der Waals surface area contributed by atoms with Crippen molar-refractivity contribution in [2.75, 3.05) is 26.8 Å². The number of ether oxygens (including phenoxy) is 2. The van der Waals surface area contributed by atoms with Gasteiger partial charge < -0.3 is 19.5 Å². The summed E-state index contributed by atoms with van der Waals surface area (Å²) in [6.45, 7) is 4.65. The van der Waals surface area contributed by atoms with Crippen molar-refractivity contribution in [3.63, 3.8) is 0 Å². The maximum Gasteiger partial charge on any atom is 0.254 e. The van der Waals surface area contributed by atoms with Gasteiger partial charge in [-0.3, -0.25) is 4.79 Å². The van der Waals surface area contributed by atoms with E-state index in [1.165, 1.54) is 18.2 Å². The molecule has 1 N–H and O–H groups in total. The Labute approximate surface area is 129 Å². The molecule has 1 heterocycles. The number of amides is 1. The van der Waals surface area contributed by atoms with Crippen molar-refractivity contribution in [2.45, 2.75) is 32.2 Å². The van der Waals surface area contributed by atoms with Gasteiger partial charge in [0.15, 0.2) is 0 Å². The van der Waals surface area contributed by atoms with E-state index in [0.29, 0.717) is 19.7 Å². The summed E-state index contributed by atoms with van der Waals surface area (Å²) >= 11 is 0. The average Bonchev–Trinajstić information content (AvgIpc) is 2.45. The molecular formula is C16H22FNO4. The number of aliphatic hydroxyl groups excluding tert-OH is 1. The van der Waals surface area contributed by atoms with Crippen LogP contribution >= 0.6 is 0 Å². The van der Waals surface area contributed by atoms with Gasteiger partial charge in [-0.2, -0.15) is 0 Å². The molecule has 1 aliphatic heterocycles. The van der Waals surface area contributed by atoms with Crippen LogP contribution in [0.2, 0.25) is 0 Å². The Morgan fingerprint density at radius 2 is 2.27 bits per heavy atom. The van der Waals surface area contributed by atoms with Gasteiger partial charge in [-0.15, -0.1) is 0 Å². The number of hydrogen-bond donors (Lipinski definition) is 1. The summed E-state index contributed by atoms with van der Waals surface area (Å²) in [4.78, 5) is 14.2. The zero-order valence-corrected chi connectivity index (χ0v) is 13.1. The van der Waals surface area contributed by atoms with Crippen molar-refractivity contribution >= 4 is 5.91 Å². The predicted molar refractivity (Wildman–Crippen MR) is 79.1 cm³/mol. The zero-order chi connectivity index (χ0) is 16.3. The highest BCUT2D eigenvalue weighted by atomic mass is 19.1. The third-order valence-corrected chi connectivity index (χ3v) is 3.59. The predicted octanol–water partition coefficient (Wildman–Crippen LogP) is 1.58. The molecule has 0 saturated carbocycles. The van der Waals surface area contributed by atoms with Gasteiger partial charge in [0.25, 0.3) is 5.91 Å². The number of morpholine rings is 1. The molecular weight excluding hydrogens is 289 g/mol. The van der Waals surface area contributed by atoms with Gasteiger partial charge in [0.2, 0.25) is 0 Å². The van der Waals surface area contributed by atoms with Gasteiger partial charge in [0, 0.05) is 31.3 Å². The number of methoxy groups -OCH3 is 1. The second-order valence-corrected chi connectivity index (χ2v) is 6.10. The van der Waals surface area contributed by atoms with Gasteiger partial charge in [-0.1, -0.05) is 6.07 Å². The van der Waals surface area contributed by atoms with Gasteiger partial charge in [0.05, 0.1) is 24.9 Å². The number of nitrogens with zero attached hydrogens (tertiary/aromatic N) is 1. The van der Waals surface area contributed by atoms with Crippen LogP contribution in [0.15, 0.2) is 18.2 Å². The maximum absolute atomic E-state index is 13.8. The quantitative estimate of drug-likeness (QED) is 0.917. The Bertz CT molecular complexity index is 547. The third-order valence-electron chi connectivity index (χ3n) is 3.59. The number of carbonyl (C=O) groups excluding carboxylic acids is 1. The number of rotatable bonds is 4. The number of halogens is 1. The van der Waals surface area contributed by atoms with Crippen molar-refractivity contribution in [1.82, 2.24) is 4.90 Å². The standard InChI is InChI=1S/C16H22FNO4/c1-16(2)10-18(7-13(22-16)9-21-3)15(20)11-4-5-12(8-19)14(17)6-11/h4-6,13,19H,7-10H2,1-3H3. The second-order valence-electron chi connectivity index (χ2n) is 6.10. The molecule has 1 unspecified atom stereocenters. The molecule has 1 fully saturated rings. The Balaban J connectivity index is 2.18. The van der Waals surface area contributed by atoms with E-state index in [0.717, 1.165) is 0 Å². The SMILES string of the molecule is COCC1CN(C(=O)c2ccc(CO)c(F)c2)CC(C)(C)O1. The molecule has 1 aliphatic rings. The summed E-state index contributed by atoms with van der Waals surface area (Å²) in [5, 5.41) is 8.99. The Morgan fingerprint density at radius 3 is 2.86 bits per heavy atom. The van der Waals surface area contributed by atoms with Crippen LogP contribution in [-0.2, 0) is 16.1 Å². The molecule has 1 atom stereocenters. The van der Waals surface area contributed by atoms with E-state index in [2.05, 4.69) is 0 Å². The normalized spacial score (nSPS) is 21.0. The summed E-state index contributed by atoms with van der Waals surface area (Å²) in [5.74, 6) is -0.824. The van der Waals surface area contributed by atoms with E-state index < -0.39 is 11.4 Å². The van der Waals surface area contributed by atoms with Crippen LogP contribution in [-0.4, -0.2) is 54.4 Å². The highest BCUT2D eigenvalue weighted by Gasteiger charge is 2.36. The Morgan fingerprint density at radius 1 is 1.55 bits per heavy atom. The lowest BCUT2D eigenvalue weighted by molar-refractivity contribution is -0.143. The van der Waals surface area contributed by atoms with Gasteiger partial charge in [0.1, 0.15) is 5.82 Å². The maximum atomic E-state index is 13.8. The topological polar surface area (TPSA) is 59.0 Å². The van der Waals surface area contributed by atoms with E-state index in [1.54, 1.807) is 12.0 Å². The summed E-state index contributed by atoms with van der Waals surface area (Å²) in [6.07, 6.45) is -0.209. The second kappa shape index (κ2) is 6.73. The van der Waals surface area contributed by atoms with Crippen LogP contribution in [0.1, 0.15) is 29.8 Å². The summed E-state index contributed by atoms with van der Waals surface area (Å²) in [5.41, 5.74) is -0.0413. The molecule has 0 bridgehead atoms. The summed E-state index contributed by atoms with van der Waals surface area (Å²) in [7, 11) is 1.58.